The molecule has 1 aliphatic heterocycles. The Bertz CT molecular complexity index is 512. The molecule has 2 aliphatic rings. The van der Waals surface area contributed by atoms with Crippen molar-refractivity contribution < 1.29 is 4.74 Å². The van der Waals surface area contributed by atoms with Crippen LogP contribution in [0.3, 0.4) is 0 Å². The van der Waals surface area contributed by atoms with E-state index in [-0.39, 0.29) is 0 Å². The molecule has 0 amide bonds. The third-order valence-corrected chi connectivity index (χ3v) is 5.46. The first-order valence-corrected chi connectivity index (χ1v) is 8.17. The Morgan fingerprint density at radius 2 is 2.14 bits per heavy atom. The van der Waals surface area contributed by atoms with Crippen LogP contribution in [0, 0.1) is 0 Å². The first-order valence-electron chi connectivity index (χ1n) is 8.17. The zero-order chi connectivity index (χ0) is 15.0. The number of likely N-dealkylation sites (tertiary alicyclic amines) is 1. The molecule has 0 saturated carbocycles. The lowest BCUT2D eigenvalue weighted by Gasteiger charge is -2.45. The van der Waals surface area contributed by atoms with E-state index < -0.39 is 0 Å². The van der Waals surface area contributed by atoms with Crippen LogP contribution in [-0.4, -0.2) is 37.2 Å². The highest BCUT2D eigenvalue weighted by molar-refractivity contribution is 5.40. The minimum absolute atomic E-state index is 0.337. The Labute approximate surface area is 128 Å². The van der Waals surface area contributed by atoms with Gasteiger partial charge in [-0.1, -0.05) is 6.07 Å². The minimum atomic E-state index is 0.337. The van der Waals surface area contributed by atoms with Crippen LogP contribution < -0.4 is 10.1 Å². The molecule has 1 aromatic carbocycles. The summed E-state index contributed by atoms with van der Waals surface area (Å²) in [5, 5.41) is 3.58. The number of benzene rings is 1. The van der Waals surface area contributed by atoms with Crippen molar-refractivity contribution in [2.75, 3.05) is 20.7 Å². The predicted molar refractivity (Wildman–Crippen MR) is 86.9 cm³/mol. The number of hydrogen-bond acceptors (Lipinski definition) is 3. The molecule has 2 unspecified atom stereocenters. The van der Waals surface area contributed by atoms with Gasteiger partial charge in [0.05, 0.1) is 7.11 Å². The van der Waals surface area contributed by atoms with Gasteiger partial charge >= 0.3 is 0 Å². The first kappa shape index (κ1) is 14.9. The fourth-order valence-electron chi connectivity index (χ4n) is 4.33. The van der Waals surface area contributed by atoms with Gasteiger partial charge in [0.15, 0.2) is 0 Å². The van der Waals surface area contributed by atoms with Crippen molar-refractivity contribution in [3.05, 3.63) is 29.3 Å². The number of hydrogen-bond donors (Lipinski definition) is 1. The van der Waals surface area contributed by atoms with Gasteiger partial charge in [-0.15, -0.1) is 0 Å². The molecule has 0 bridgehead atoms. The zero-order valence-electron chi connectivity index (χ0n) is 13.8. The normalized spacial score (nSPS) is 28.4. The molecule has 0 radical (unpaired) electrons. The number of aryl methyl sites for hydroxylation is 1. The fourth-order valence-corrected chi connectivity index (χ4v) is 4.33. The molecule has 21 heavy (non-hydrogen) atoms. The van der Waals surface area contributed by atoms with Crippen molar-refractivity contribution in [1.29, 1.82) is 0 Å². The van der Waals surface area contributed by atoms with E-state index in [1.165, 1.54) is 36.9 Å². The maximum absolute atomic E-state index is 5.38. The van der Waals surface area contributed by atoms with E-state index in [0.717, 1.165) is 12.2 Å². The van der Waals surface area contributed by atoms with Gasteiger partial charge in [-0.25, -0.2) is 0 Å². The highest BCUT2D eigenvalue weighted by atomic mass is 16.5. The van der Waals surface area contributed by atoms with Crippen LogP contribution >= 0.6 is 0 Å². The van der Waals surface area contributed by atoms with Crippen LogP contribution in [0.4, 0.5) is 0 Å². The van der Waals surface area contributed by atoms with Crippen molar-refractivity contribution in [1.82, 2.24) is 10.2 Å². The molecule has 2 atom stereocenters. The molecular weight excluding hydrogens is 260 g/mol. The predicted octanol–water partition coefficient (Wildman–Crippen LogP) is 3.14. The van der Waals surface area contributed by atoms with Crippen molar-refractivity contribution in [3.63, 3.8) is 0 Å². The van der Waals surface area contributed by atoms with Crippen LogP contribution in [0.5, 0.6) is 5.75 Å². The third-order valence-electron chi connectivity index (χ3n) is 5.46. The van der Waals surface area contributed by atoms with Gasteiger partial charge in [-0.3, -0.25) is 4.90 Å². The van der Waals surface area contributed by atoms with Crippen molar-refractivity contribution >= 4 is 0 Å². The first-order chi connectivity index (χ1) is 10.1. The topological polar surface area (TPSA) is 24.5 Å². The van der Waals surface area contributed by atoms with Crippen LogP contribution in [-0.2, 0) is 6.42 Å². The second kappa shape index (κ2) is 5.62. The van der Waals surface area contributed by atoms with E-state index >= 15 is 0 Å². The maximum Gasteiger partial charge on any atom is 0.119 e. The molecule has 1 aromatic rings. The summed E-state index contributed by atoms with van der Waals surface area (Å²) in [4.78, 5) is 2.74. The Morgan fingerprint density at radius 3 is 2.76 bits per heavy atom. The molecular formula is C18H28N2O. The van der Waals surface area contributed by atoms with Crippen LogP contribution in [0.1, 0.15) is 50.3 Å². The average Bonchev–Trinajstić information content (AvgIpc) is 2.84. The number of likely N-dealkylation sites (N-methyl/N-ethyl adjacent to an activating group) is 1. The second-order valence-corrected chi connectivity index (χ2v) is 7.05. The molecule has 1 fully saturated rings. The summed E-state index contributed by atoms with van der Waals surface area (Å²) in [7, 11) is 3.84. The lowest BCUT2D eigenvalue weighted by molar-refractivity contribution is 0.0798. The molecule has 1 aliphatic carbocycles. The Kier molecular flexibility index (Phi) is 3.98. The van der Waals surface area contributed by atoms with Gasteiger partial charge in [-0.2, -0.15) is 0 Å². The SMILES string of the molecule is CNC1c2ccc(OC)cc2CCC1N1CCCC1(C)C. The average molecular weight is 288 g/mol. The summed E-state index contributed by atoms with van der Waals surface area (Å²) < 4.78 is 5.38. The quantitative estimate of drug-likeness (QED) is 0.925. The van der Waals surface area contributed by atoms with Gasteiger partial charge < -0.3 is 10.1 Å². The number of nitrogens with one attached hydrogen (secondary N) is 1. The Hall–Kier alpha value is -1.06. The van der Waals surface area contributed by atoms with Crippen LogP contribution in [0.15, 0.2) is 18.2 Å². The van der Waals surface area contributed by atoms with Gasteiger partial charge in [0, 0.05) is 17.6 Å². The largest absolute Gasteiger partial charge is 0.497 e. The molecule has 3 heteroatoms. The maximum atomic E-state index is 5.38. The third kappa shape index (κ3) is 2.58. The number of fused-ring (bicyclic) bond motifs is 1. The smallest absolute Gasteiger partial charge is 0.119 e. The molecule has 1 heterocycles. The van der Waals surface area contributed by atoms with Crippen LogP contribution in [0.25, 0.3) is 0 Å². The second-order valence-electron chi connectivity index (χ2n) is 7.05. The van der Waals surface area contributed by atoms with E-state index in [9.17, 15) is 0 Å². The van der Waals surface area contributed by atoms with E-state index in [4.69, 9.17) is 4.74 Å². The summed E-state index contributed by atoms with van der Waals surface area (Å²) in [5.41, 5.74) is 3.24. The number of methoxy groups -OCH3 is 1. The van der Waals surface area contributed by atoms with E-state index in [2.05, 4.69) is 49.3 Å². The number of rotatable bonds is 3. The highest BCUT2D eigenvalue weighted by Crippen LogP contribution is 2.40. The van der Waals surface area contributed by atoms with E-state index in [1.54, 1.807) is 7.11 Å². The Balaban J connectivity index is 1.91. The number of nitrogens with zero attached hydrogens (tertiary/aromatic N) is 1. The highest BCUT2D eigenvalue weighted by Gasteiger charge is 2.41. The number of ether oxygens (including phenoxy) is 1. The fraction of sp³-hybridized carbons (Fsp3) is 0.667. The van der Waals surface area contributed by atoms with Crippen molar-refractivity contribution in [2.24, 2.45) is 0 Å². The minimum Gasteiger partial charge on any atom is -0.497 e. The molecule has 1 N–H and O–H groups in total. The van der Waals surface area contributed by atoms with Crippen molar-refractivity contribution in [3.8, 4) is 5.75 Å². The molecule has 0 spiro atoms. The standard InChI is InChI=1S/C18H28N2O/c1-18(2)10-5-11-20(18)16-9-6-13-12-14(21-4)7-8-15(13)17(16)19-3/h7-8,12,16-17,19H,5-6,9-11H2,1-4H3. The Morgan fingerprint density at radius 1 is 1.33 bits per heavy atom. The van der Waals surface area contributed by atoms with Crippen molar-refractivity contribution in [2.45, 2.75) is 57.2 Å². The molecule has 116 valence electrons. The lowest BCUT2D eigenvalue weighted by Crippen LogP contribution is -2.52. The molecule has 3 rings (SSSR count). The van der Waals surface area contributed by atoms with Gasteiger partial charge in [0.2, 0.25) is 0 Å². The van der Waals surface area contributed by atoms with Gasteiger partial charge in [0.25, 0.3) is 0 Å². The molecule has 1 saturated heterocycles. The summed E-state index contributed by atoms with van der Waals surface area (Å²) in [6.07, 6.45) is 5.03. The summed E-state index contributed by atoms with van der Waals surface area (Å²) in [5.74, 6) is 0.976. The monoisotopic (exact) mass is 288 g/mol. The van der Waals surface area contributed by atoms with E-state index in [0.29, 0.717) is 17.6 Å². The lowest BCUT2D eigenvalue weighted by atomic mass is 9.82. The van der Waals surface area contributed by atoms with Gasteiger partial charge in [0.1, 0.15) is 5.75 Å². The zero-order valence-corrected chi connectivity index (χ0v) is 13.8. The van der Waals surface area contributed by atoms with Gasteiger partial charge in [-0.05, 0) is 76.4 Å². The van der Waals surface area contributed by atoms with Crippen LogP contribution in [0.2, 0.25) is 0 Å². The molecule has 0 aromatic heterocycles. The summed E-state index contributed by atoms with van der Waals surface area (Å²) >= 11 is 0. The summed E-state index contributed by atoms with van der Waals surface area (Å²) in [6.45, 7) is 6.04. The summed E-state index contributed by atoms with van der Waals surface area (Å²) in [6, 6.07) is 7.60. The molecule has 3 nitrogen and oxygen atoms in total. The van der Waals surface area contributed by atoms with E-state index in [1.807, 2.05) is 0 Å².